The molecule has 30 heavy (non-hydrogen) atoms. The number of hydrogen-bond donors (Lipinski definition) is 1. The van der Waals surface area contributed by atoms with Gasteiger partial charge in [-0.25, -0.2) is 9.97 Å². The highest BCUT2D eigenvalue weighted by Crippen LogP contribution is 2.33. The van der Waals surface area contributed by atoms with Crippen LogP contribution in [-0.2, 0) is 6.54 Å². The standard InChI is InChI=1S/C23H16N4OS2/c28-23(25-12-15-2-1-7-24-11-15)16-3-4-19-20(10-16)27-22(18-6-9-30-14-18)21(26-19)17-5-8-29-13-17/h1-11,13-14H,12H2,(H,25,28). The lowest BCUT2D eigenvalue weighted by molar-refractivity contribution is 0.0951. The molecule has 0 spiro atoms. The molecule has 5 nitrogen and oxygen atoms in total. The van der Waals surface area contributed by atoms with E-state index in [4.69, 9.17) is 9.97 Å². The molecule has 7 heteroatoms. The van der Waals surface area contributed by atoms with Gasteiger partial charge in [0.1, 0.15) is 0 Å². The Morgan fingerprint density at radius 1 is 0.900 bits per heavy atom. The molecule has 0 radical (unpaired) electrons. The smallest absolute Gasteiger partial charge is 0.251 e. The van der Waals surface area contributed by atoms with E-state index < -0.39 is 0 Å². The van der Waals surface area contributed by atoms with E-state index in [-0.39, 0.29) is 5.91 Å². The van der Waals surface area contributed by atoms with Gasteiger partial charge in [0, 0.05) is 46.4 Å². The lowest BCUT2D eigenvalue weighted by atomic mass is 10.1. The molecule has 1 aromatic carbocycles. The number of nitrogens with zero attached hydrogens (tertiary/aromatic N) is 3. The molecule has 0 aliphatic rings. The van der Waals surface area contributed by atoms with Crippen molar-refractivity contribution in [2.45, 2.75) is 6.54 Å². The van der Waals surface area contributed by atoms with Gasteiger partial charge < -0.3 is 5.32 Å². The average Bonchev–Trinajstić information content (AvgIpc) is 3.51. The number of hydrogen-bond acceptors (Lipinski definition) is 6. The van der Waals surface area contributed by atoms with Gasteiger partial charge in [0.05, 0.1) is 22.4 Å². The first-order valence-electron chi connectivity index (χ1n) is 9.32. The summed E-state index contributed by atoms with van der Waals surface area (Å²) in [4.78, 5) is 26.5. The zero-order valence-electron chi connectivity index (χ0n) is 15.8. The minimum Gasteiger partial charge on any atom is -0.348 e. The van der Waals surface area contributed by atoms with E-state index >= 15 is 0 Å². The molecule has 0 atom stereocenters. The van der Waals surface area contributed by atoms with Crippen LogP contribution in [0.1, 0.15) is 15.9 Å². The Bertz CT molecular complexity index is 1300. The Hall–Kier alpha value is -3.42. The van der Waals surface area contributed by atoms with E-state index in [0.29, 0.717) is 17.6 Å². The predicted molar refractivity (Wildman–Crippen MR) is 122 cm³/mol. The number of carbonyl (C=O) groups excluding carboxylic acids is 1. The molecule has 0 aliphatic carbocycles. The molecule has 0 saturated heterocycles. The molecule has 1 amide bonds. The monoisotopic (exact) mass is 428 g/mol. The summed E-state index contributed by atoms with van der Waals surface area (Å²) in [7, 11) is 0. The summed E-state index contributed by atoms with van der Waals surface area (Å²) in [5.41, 5.74) is 6.73. The Balaban J connectivity index is 1.51. The van der Waals surface area contributed by atoms with Crippen LogP contribution in [-0.4, -0.2) is 20.9 Å². The summed E-state index contributed by atoms with van der Waals surface area (Å²) in [6.45, 7) is 0.424. The summed E-state index contributed by atoms with van der Waals surface area (Å²) in [5.74, 6) is -0.151. The third-order valence-corrected chi connectivity index (χ3v) is 6.06. The van der Waals surface area contributed by atoms with Gasteiger partial charge in [0.25, 0.3) is 5.91 Å². The zero-order chi connectivity index (χ0) is 20.3. The molecule has 0 bridgehead atoms. The van der Waals surface area contributed by atoms with Crippen LogP contribution in [0, 0.1) is 0 Å². The first-order chi connectivity index (χ1) is 14.8. The molecule has 4 aromatic heterocycles. The van der Waals surface area contributed by atoms with Crippen LogP contribution >= 0.6 is 22.7 Å². The van der Waals surface area contributed by atoms with Gasteiger partial charge >= 0.3 is 0 Å². The largest absolute Gasteiger partial charge is 0.348 e. The number of rotatable bonds is 5. The van der Waals surface area contributed by atoms with Crippen molar-refractivity contribution in [1.82, 2.24) is 20.3 Å². The maximum atomic E-state index is 12.7. The van der Waals surface area contributed by atoms with Gasteiger partial charge in [0.2, 0.25) is 0 Å². The highest BCUT2D eigenvalue weighted by molar-refractivity contribution is 7.08. The number of pyridine rings is 1. The molecule has 0 aliphatic heterocycles. The summed E-state index contributed by atoms with van der Waals surface area (Å²) in [6, 6.07) is 13.3. The number of aromatic nitrogens is 3. The maximum Gasteiger partial charge on any atom is 0.251 e. The summed E-state index contributed by atoms with van der Waals surface area (Å²) >= 11 is 3.26. The second-order valence-corrected chi connectivity index (χ2v) is 8.25. The zero-order valence-corrected chi connectivity index (χ0v) is 17.4. The van der Waals surface area contributed by atoms with Gasteiger partial charge in [-0.1, -0.05) is 6.07 Å². The summed E-state index contributed by atoms with van der Waals surface area (Å²) in [5, 5.41) is 11.1. The fourth-order valence-electron chi connectivity index (χ4n) is 3.18. The Labute approximate surface area is 181 Å². The van der Waals surface area contributed by atoms with E-state index in [9.17, 15) is 4.79 Å². The summed E-state index contributed by atoms with van der Waals surface area (Å²) < 4.78 is 0. The van der Waals surface area contributed by atoms with Crippen molar-refractivity contribution in [2.24, 2.45) is 0 Å². The first kappa shape index (κ1) is 18.6. The van der Waals surface area contributed by atoms with Gasteiger partial charge in [-0.05, 0) is 52.7 Å². The highest BCUT2D eigenvalue weighted by atomic mass is 32.1. The van der Waals surface area contributed by atoms with Gasteiger partial charge in [-0.2, -0.15) is 22.7 Å². The van der Waals surface area contributed by atoms with Crippen LogP contribution < -0.4 is 5.32 Å². The van der Waals surface area contributed by atoms with Gasteiger partial charge in [0.15, 0.2) is 0 Å². The van der Waals surface area contributed by atoms with Crippen LogP contribution in [0.5, 0.6) is 0 Å². The molecule has 0 saturated carbocycles. The SMILES string of the molecule is O=C(NCc1cccnc1)c1ccc2nc(-c3ccsc3)c(-c3ccsc3)nc2c1. The van der Waals surface area contributed by atoms with Crippen molar-refractivity contribution >= 4 is 39.6 Å². The molecule has 146 valence electrons. The van der Waals surface area contributed by atoms with E-state index in [1.165, 1.54) is 0 Å². The third-order valence-electron chi connectivity index (χ3n) is 4.69. The van der Waals surface area contributed by atoms with Crippen molar-refractivity contribution in [3.05, 3.63) is 87.5 Å². The number of carbonyl (C=O) groups is 1. The fraction of sp³-hybridized carbons (Fsp3) is 0.0435. The van der Waals surface area contributed by atoms with Crippen LogP contribution in [0.15, 0.2) is 76.4 Å². The average molecular weight is 429 g/mol. The van der Waals surface area contributed by atoms with E-state index in [1.54, 1.807) is 47.2 Å². The van der Waals surface area contributed by atoms with Crippen LogP contribution in [0.2, 0.25) is 0 Å². The molecular weight excluding hydrogens is 412 g/mol. The maximum absolute atomic E-state index is 12.7. The van der Waals surface area contributed by atoms with Crippen LogP contribution in [0.25, 0.3) is 33.5 Å². The Morgan fingerprint density at radius 3 is 2.27 bits per heavy atom. The molecule has 5 aromatic rings. The minimum absolute atomic E-state index is 0.151. The topological polar surface area (TPSA) is 67.8 Å². The molecule has 0 unspecified atom stereocenters. The molecule has 5 rings (SSSR count). The molecular formula is C23H16N4OS2. The normalized spacial score (nSPS) is 10.9. The number of thiophene rings is 2. The second-order valence-electron chi connectivity index (χ2n) is 6.69. The second kappa shape index (κ2) is 8.14. The fourth-order valence-corrected chi connectivity index (χ4v) is 4.46. The number of amides is 1. The lowest BCUT2D eigenvalue weighted by Gasteiger charge is -2.10. The quantitative estimate of drug-likeness (QED) is 0.406. The first-order valence-corrected chi connectivity index (χ1v) is 11.2. The van der Waals surface area contributed by atoms with E-state index in [1.807, 2.05) is 35.0 Å². The number of benzene rings is 1. The minimum atomic E-state index is -0.151. The number of nitrogens with one attached hydrogen (secondary N) is 1. The van der Waals surface area contributed by atoms with Crippen LogP contribution in [0.3, 0.4) is 0 Å². The number of fused-ring (bicyclic) bond motifs is 1. The van der Waals surface area contributed by atoms with Crippen LogP contribution in [0.4, 0.5) is 0 Å². The predicted octanol–water partition coefficient (Wildman–Crippen LogP) is 5.41. The van der Waals surface area contributed by atoms with Crippen molar-refractivity contribution in [1.29, 1.82) is 0 Å². The van der Waals surface area contributed by atoms with Gasteiger partial charge in [-0.15, -0.1) is 0 Å². The van der Waals surface area contributed by atoms with Crippen molar-refractivity contribution in [3.63, 3.8) is 0 Å². The lowest BCUT2D eigenvalue weighted by Crippen LogP contribution is -2.22. The molecule has 0 fully saturated rings. The van der Waals surface area contributed by atoms with Crippen molar-refractivity contribution in [3.8, 4) is 22.5 Å². The Morgan fingerprint density at radius 2 is 1.63 bits per heavy atom. The van der Waals surface area contributed by atoms with Gasteiger partial charge in [-0.3, -0.25) is 9.78 Å². The van der Waals surface area contributed by atoms with Crippen molar-refractivity contribution in [2.75, 3.05) is 0 Å². The Kier molecular flexibility index (Phi) is 5.04. The molecule has 4 heterocycles. The third kappa shape index (κ3) is 3.72. The van der Waals surface area contributed by atoms with E-state index in [2.05, 4.69) is 27.1 Å². The summed E-state index contributed by atoms with van der Waals surface area (Å²) in [6.07, 6.45) is 3.45. The van der Waals surface area contributed by atoms with E-state index in [0.717, 1.165) is 33.6 Å². The molecule has 1 N–H and O–H groups in total. The highest BCUT2D eigenvalue weighted by Gasteiger charge is 2.15. The van der Waals surface area contributed by atoms with Crippen molar-refractivity contribution < 1.29 is 4.79 Å².